The number of anilines is 1. The molecule has 0 bridgehead atoms. The summed E-state index contributed by atoms with van der Waals surface area (Å²) in [6.07, 6.45) is 5.30. The summed E-state index contributed by atoms with van der Waals surface area (Å²) in [4.78, 5) is 26.6. The predicted octanol–water partition coefficient (Wildman–Crippen LogP) is 4.55. The topological polar surface area (TPSA) is 46.6 Å². The van der Waals surface area contributed by atoms with Gasteiger partial charge in [-0.05, 0) is 68.1 Å². The zero-order chi connectivity index (χ0) is 18.3. The van der Waals surface area contributed by atoms with Crippen molar-refractivity contribution >= 4 is 17.5 Å². The lowest BCUT2D eigenvalue weighted by atomic mass is 9.85. The van der Waals surface area contributed by atoms with Crippen LogP contribution in [-0.2, 0) is 9.59 Å². The summed E-state index contributed by atoms with van der Waals surface area (Å²) < 4.78 is 5.96. The van der Waals surface area contributed by atoms with Crippen molar-refractivity contribution in [3.63, 3.8) is 0 Å². The van der Waals surface area contributed by atoms with Crippen molar-refractivity contribution in [2.24, 2.45) is 11.8 Å². The molecule has 1 aliphatic heterocycles. The lowest BCUT2D eigenvalue weighted by Crippen LogP contribution is -2.30. The van der Waals surface area contributed by atoms with Crippen molar-refractivity contribution in [2.45, 2.75) is 26.7 Å². The normalized spacial score (nSPS) is 21.8. The van der Waals surface area contributed by atoms with E-state index in [1.54, 1.807) is 24.3 Å². The first-order valence-electron chi connectivity index (χ1n) is 8.93. The molecule has 0 N–H and O–H groups in total. The first-order valence-corrected chi connectivity index (χ1v) is 8.93. The summed E-state index contributed by atoms with van der Waals surface area (Å²) in [6.45, 7) is 4.07. The Balaban J connectivity index is 1.56. The Morgan fingerprint density at radius 2 is 1.50 bits per heavy atom. The van der Waals surface area contributed by atoms with Crippen LogP contribution in [0, 0.1) is 25.7 Å². The zero-order valence-corrected chi connectivity index (χ0v) is 14.9. The summed E-state index contributed by atoms with van der Waals surface area (Å²) in [7, 11) is 0. The quantitative estimate of drug-likeness (QED) is 0.604. The van der Waals surface area contributed by atoms with Gasteiger partial charge in [-0.15, -0.1) is 0 Å². The molecule has 1 fully saturated rings. The van der Waals surface area contributed by atoms with Crippen molar-refractivity contribution in [1.82, 2.24) is 0 Å². The van der Waals surface area contributed by atoms with E-state index in [0.717, 1.165) is 11.3 Å². The number of imide groups is 1. The number of ether oxygens (including phenoxy) is 1. The number of carbonyl (C=O) groups excluding carboxylic acids is 2. The third kappa shape index (κ3) is 2.71. The molecule has 0 spiro atoms. The van der Waals surface area contributed by atoms with Gasteiger partial charge in [0.25, 0.3) is 0 Å². The van der Waals surface area contributed by atoms with E-state index in [1.165, 1.54) is 10.5 Å². The van der Waals surface area contributed by atoms with Gasteiger partial charge in [0.2, 0.25) is 11.8 Å². The van der Waals surface area contributed by atoms with Gasteiger partial charge in [0, 0.05) is 0 Å². The van der Waals surface area contributed by atoms with Crippen LogP contribution in [0.4, 0.5) is 5.69 Å². The standard InChI is InChI=1S/C22H21NO3/c1-14-6-5-9-20(15(14)2)26-17-12-10-16(11-13-17)23-21(24)18-7-3-4-8-19(18)22(23)25/h3-6,9-13,18-19H,7-8H2,1-2H3/t18-,19-/m0/s1. The highest BCUT2D eigenvalue weighted by molar-refractivity contribution is 6.22. The maximum atomic E-state index is 12.6. The van der Waals surface area contributed by atoms with Crippen molar-refractivity contribution in [1.29, 1.82) is 0 Å². The number of fused-ring (bicyclic) bond motifs is 1. The molecule has 132 valence electrons. The minimum Gasteiger partial charge on any atom is -0.457 e. The van der Waals surface area contributed by atoms with Crippen LogP contribution in [0.2, 0.25) is 0 Å². The van der Waals surface area contributed by atoms with Crippen LogP contribution in [0.25, 0.3) is 0 Å². The van der Waals surface area contributed by atoms with Crippen molar-refractivity contribution in [2.75, 3.05) is 4.90 Å². The molecule has 0 unspecified atom stereocenters. The van der Waals surface area contributed by atoms with Crippen molar-refractivity contribution in [3.8, 4) is 11.5 Å². The summed E-state index contributed by atoms with van der Waals surface area (Å²) in [5.74, 6) is 0.889. The van der Waals surface area contributed by atoms with Gasteiger partial charge >= 0.3 is 0 Å². The van der Waals surface area contributed by atoms with Crippen LogP contribution in [0.5, 0.6) is 11.5 Å². The molecule has 4 rings (SSSR count). The van der Waals surface area contributed by atoms with Gasteiger partial charge in [0.15, 0.2) is 0 Å². The molecular weight excluding hydrogens is 326 g/mol. The van der Waals surface area contributed by atoms with E-state index in [1.807, 2.05) is 44.2 Å². The van der Waals surface area contributed by atoms with Gasteiger partial charge < -0.3 is 4.74 Å². The van der Waals surface area contributed by atoms with E-state index in [4.69, 9.17) is 4.74 Å². The van der Waals surface area contributed by atoms with Crippen LogP contribution < -0.4 is 9.64 Å². The Bertz CT molecular complexity index is 872. The molecule has 0 aromatic heterocycles. The average Bonchev–Trinajstić information content (AvgIpc) is 2.91. The monoisotopic (exact) mass is 347 g/mol. The molecular formula is C22H21NO3. The minimum atomic E-state index is -0.210. The van der Waals surface area contributed by atoms with Crippen LogP contribution >= 0.6 is 0 Å². The highest BCUT2D eigenvalue weighted by atomic mass is 16.5. The molecule has 4 heteroatoms. The Hall–Kier alpha value is -2.88. The van der Waals surface area contributed by atoms with E-state index in [-0.39, 0.29) is 23.7 Å². The van der Waals surface area contributed by atoms with E-state index in [2.05, 4.69) is 0 Å². The summed E-state index contributed by atoms with van der Waals surface area (Å²) in [5.41, 5.74) is 2.88. The SMILES string of the molecule is Cc1cccc(Oc2ccc(N3C(=O)[C@H]4CC=CC[C@@H]4C3=O)cc2)c1C. The molecule has 4 nitrogen and oxygen atoms in total. The molecule has 26 heavy (non-hydrogen) atoms. The number of aryl methyl sites for hydroxylation is 1. The largest absolute Gasteiger partial charge is 0.457 e. The fraction of sp³-hybridized carbons (Fsp3) is 0.273. The molecule has 2 aromatic carbocycles. The number of rotatable bonds is 3. The fourth-order valence-corrected chi connectivity index (χ4v) is 3.68. The number of amides is 2. The van der Waals surface area contributed by atoms with Crippen LogP contribution in [-0.4, -0.2) is 11.8 Å². The number of carbonyl (C=O) groups is 2. The van der Waals surface area contributed by atoms with Crippen LogP contribution in [0.1, 0.15) is 24.0 Å². The maximum absolute atomic E-state index is 12.6. The maximum Gasteiger partial charge on any atom is 0.238 e. The Labute approximate surface area is 153 Å². The third-order valence-electron chi connectivity index (χ3n) is 5.39. The second-order valence-electron chi connectivity index (χ2n) is 6.96. The van der Waals surface area contributed by atoms with E-state index >= 15 is 0 Å². The second kappa shape index (κ2) is 6.45. The summed E-state index contributed by atoms with van der Waals surface area (Å²) in [6, 6.07) is 13.1. The highest BCUT2D eigenvalue weighted by Gasteiger charge is 2.47. The number of nitrogens with zero attached hydrogens (tertiary/aromatic N) is 1. The summed E-state index contributed by atoms with van der Waals surface area (Å²) in [5, 5.41) is 0. The van der Waals surface area contributed by atoms with Crippen molar-refractivity contribution < 1.29 is 14.3 Å². The Kier molecular flexibility index (Phi) is 4.11. The molecule has 2 amide bonds. The van der Waals surface area contributed by atoms with E-state index in [9.17, 15) is 9.59 Å². The number of hydrogen-bond acceptors (Lipinski definition) is 3. The average molecular weight is 347 g/mol. The predicted molar refractivity (Wildman–Crippen MR) is 100 cm³/mol. The number of hydrogen-bond donors (Lipinski definition) is 0. The van der Waals surface area contributed by atoms with Gasteiger partial charge in [-0.2, -0.15) is 0 Å². The molecule has 2 atom stereocenters. The molecule has 1 aliphatic carbocycles. The van der Waals surface area contributed by atoms with E-state index in [0.29, 0.717) is 24.3 Å². The molecule has 0 saturated carbocycles. The molecule has 2 aromatic rings. The lowest BCUT2D eigenvalue weighted by molar-refractivity contribution is -0.122. The summed E-state index contributed by atoms with van der Waals surface area (Å²) >= 11 is 0. The van der Waals surface area contributed by atoms with Crippen LogP contribution in [0.3, 0.4) is 0 Å². The lowest BCUT2D eigenvalue weighted by Gasteiger charge is -2.16. The van der Waals surface area contributed by atoms with Crippen molar-refractivity contribution in [3.05, 3.63) is 65.7 Å². The van der Waals surface area contributed by atoms with Crippen LogP contribution in [0.15, 0.2) is 54.6 Å². The smallest absolute Gasteiger partial charge is 0.238 e. The van der Waals surface area contributed by atoms with Gasteiger partial charge in [0.1, 0.15) is 11.5 Å². The fourth-order valence-electron chi connectivity index (χ4n) is 3.68. The molecule has 1 heterocycles. The highest BCUT2D eigenvalue weighted by Crippen LogP contribution is 2.38. The minimum absolute atomic E-state index is 0.0902. The van der Waals surface area contributed by atoms with Gasteiger partial charge in [0.05, 0.1) is 17.5 Å². The number of allylic oxidation sites excluding steroid dienone is 2. The van der Waals surface area contributed by atoms with Gasteiger partial charge in [-0.3, -0.25) is 14.5 Å². The Morgan fingerprint density at radius 1 is 0.885 bits per heavy atom. The molecule has 2 aliphatic rings. The molecule has 1 saturated heterocycles. The zero-order valence-electron chi connectivity index (χ0n) is 14.9. The van der Waals surface area contributed by atoms with Gasteiger partial charge in [-0.25, -0.2) is 0 Å². The second-order valence-corrected chi connectivity index (χ2v) is 6.96. The van der Waals surface area contributed by atoms with Gasteiger partial charge in [-0.1, -0.05) is 24.3 Å². The third-order valence-corrected chi connectivity index (χ3v) is 5.39. The number of benzene rings is 2. The first-order chi connectivity index (χ1) is 12.6. The molecule has 0 radical (unpaired) electrons. The van der Waals surface area contributed by atoms with E-state index < -0.39 is 0 Å². The first kappa shape index (κ1) is 16.6. The Morgan fingerprint density at radius 3 is 2.12 bits per heavy atom.